The molecule has 0 unspecified atom stereocenters. The van der Waals surface area contributed by atoms with E-state index in [1.807, 2.05) is 0 Å². The van der Waals surface area contributed by atoms with Crippen LogP contribution in [0.3, 0.4) is 0 Å². The van der Waals surface area contributed by atoms with Crippen molar-refractivity contribution < 1.29 is 28.6 Å². The predicted octanol–water partition coefficient (Wildman–Crippen LogP) is 5.19. The highest BCUT2D eigenvalue weighted by atomic mass is 16.5. The van der Waals surface area contributed by atoms with Gasteiger partial charge in [0.25, 0.3) is 0 Å². The summed E-state index contributed by atoms with van der Waals surface area (Å²) < 4.78 is 17.2. The fraction of sp³-hybridized carbons (Fsp3) is 0.222. The van der Waals surface area contributed by atoms with Gasteiger partial charge in [0, 0.05) is 0 Å². The Bertz CT molecular complexity index is 895. The number of hydrogen-bond acceptors (Lipinski definition) is 6. The summed E-state index contributed by atoms with van der Waals surface area (Å²) in [6, 6.07) is 0. The lowest BCUT2D eigenvalue weighted by Crippen LogP contribution is -2.02. The fourth-order valence-corrected chi connectivity index (χ4v) is 2.86. The Kier molecular flexibility index (Phi) is 11.7. The average molecular weight is 451 g/mol. The molecular formula is C27H30O6. The number of carbonyl (C=O) groups excluding carboxylic acids is 3. The standard InChI is InChI=1S/C27H30O6/c1-19(16-28)10-7-13-22-25(31-4)23(14-8-11-20(2)17-29)27(33-6)24(26(22)32-5)15-9-12-21(3)18-30/h7-18H,1-6H3/b13-7+,14-8+,15-9+,19-10-,20-11+,21-12+. The molecule has 0 saturated carbocycles. The van der Waals surface area contributed by atoms with Crippen molar-refractivity contribution in [3.63, 3.8) is 0 Å². The topological polar surface area (TPSA) is 78.9 Å². The number of carbonyl (C=O) groups is 3. The summed E-state index contributed by atoms with van der Waals surface area (Å²) in [5.74, 6) is 1.46. The molecule has 0 saturated heterocycles. The normalized spacial score (nSPS) is 13.1. The van der Waals surface area contributed by atoms with Crippen LogP contribution in [0.2, 0.25) is 0 Å². The highest BCUT2D eigenvalue weighted by molar-refractivity contribution is 5.85. The number of allylic oxidation sites excluding steroid dienone is 9. The lowest BCUT2D eigenvalue weighted by atomic mass is 9.98. The van der Waals surface area contributed by atoms with Crippen LogP contribution in [0.5, 0.6) is 17.2 Å². The van der Waals surface area contributed by atoms with Crippen LogP contribution in [0.25, 0.3) is 18.2 Å². The zero-order chi connectivity index (χ0) is 24.8. The van der Waals surface area contributed by atoms with Crippen molar-refractivity contribution in [2.75, 3.05) is 21.3 Å². The van der Waals surface area contributed by atoms with Crippen LogP contribution in [-0.4, -0.2) is 40.2 Å². The van der Waals surface area contributed by atoms with E-state index in [-0.39, 0.29) is 0 Å². The van der Waals surface area contributed by atoms with Crippen molar-refractivity contribution in [1.82, 2.24) is 0 Å². The average Bonchev–Trinajstić information content (AvgIpc) is 2.83. The molecule has 1 rings (SSSR count). The SMILES string of the molecule is COc1c(/C=C/C=C(/C)C=O)c(OC)c(/C=C/C=C(\C)C=O)c(OC)c1/C=C/C=C(\C)C=O. The van der Waals surface area contributed by atoms with Crippen molar-refractivity contribution in [2.24, 2.45) is 0 Å². The Labute approximate surface area is 195 Å². The molecule has 0 amide bonds. The Balaban J connectivity index is 3.99. The van der Waals surface area contributed by atoms with Gasteiger partial charge in [-0.05, 0) is 55.7 Å². The number of hydrogen-bond donors (Lipinski definition) is 0. The molecular weight excluding hydrogens is 420 g/mol. The van der Waals surface area contributed by atoms with Gasteiger partial charge in [0.05, 0.1) is 38.0 Å². The summed E-state index contributed by atoms with van der Waals surface area (Å²) in [5, 5.41) is 0. The minimum Gasteiger partial charge on any atom is -0.495 e. The Hall–Kier alpha value is -3.93. The maximum absolute atomic E-state index is 10.9. The Morgan fingerprint density at radius 2 is 0.758 bits per heavy atom. The second kappa shape index (κ2) is 14.2. The van der Waals surface area contributed by atoms with Crippen LogP contribution in [0, 0.1) is 0 Å². The van der Waals surface area contributed by atoms with E-state index in [0.29, 0.717) is 50.7 Å². The highest BCUT2D eigenvalue weighted by Crippen LogP contribution is 2.45. The molecule has 174 valence electrons. The summed E-state index contributed by atoms with van der Waals surface area (Å²) in [4.78, 5) is 32.8. The van der Waals surface area contributed by atoms with Gasteiger partial charge in [-0.15, -0.1) is 0 Å². The number of ether oxygens (including phenoxy) is 3. The van der Waals surface area contributed by atoms with Gasteiger partial charge >= 0.3 is 0 Å². The molecule has 0 aliphatic rings. The summed E-state index contributed by atoms with van der Waals surface area (Å²) in [6.45, 7) is 5.10. The molecule has 0 spiro atoms. The molecule has 6 nitrogen and oxygen atoms in total. The van der Waals surface area contributed by atoms with Gasteiger partial charge in [-0.1, -0.05) is 36.5 Å². The summed E-state index contributed by atoms with van der Waals surface area (Å²) >= 11 is 0. The van der Waals surface area contributed by atoms with Crippen LogP contribution >= 0.6 is 0 Å². The van der Waals surface area contributed by atoms with Crippen LogP contribution in [0.4, 0.5) is 0 Å². The second-order valence-electron chi connectivity index (χ2n) is 7.00. The van der Waals surface area contributed by atoms with E-state index in [4.69, 9.17) is 14.2 Å². The van der Waals surface area contributed by atoms with Gasteiger partial charge in [-0.25, -0.2) is 0 Å². The first-order chi connectivity index (χ1) is 15.9. The molecule has 0 bridgehead atoms. The van der Waals surface area contributed by atoms with Gasteiger partial charge < -0.3 is 14.2 Å². The monoisotopic (exact) mass is 450 g/mol. The smallest absolute Gasteiger partial charge is 0.145 e. The van der Waals surface area contributed by atoms with Gasteiger partial charge in [0.1, 0.15) is 36.1 Å². The highest BCUT2D eigenvalue weighted by Gasteiger charge is 2.22. The third-order valence-corrected chi connectivity index (χ3v) is 4.50. The van der Waals surface area contributed by atoms with Crippen LogP contribution < -0.4 is 14.2 Å². The zero-order valence-electron chi connectivity index (χ0n) is 19.9. The molecule has 0 aliphatic carbocycles. The molecule has 0 fully saturated rings. The van der Waals surface area contributed by atoms with Gasteiger partial charge in [-0.2, -0.15) is 0 Å². The van der Waals surface area contributed by atoms with E-state index >= 15 is 0 Å². The first-order valence-corrected chi connectivity index (χ1v) is 10.1. The number of rotatable bonds is 12. The molecule has 33 heavy (non-hydrogen) atoms. The molecule has 6 heteroatoms. The first-order valence-electron chi connectivity index (χ1n) is 10.1. The van der Waals surface area contributed by atoms with E-state index < -0.39 is 0 Å². The van der Waals surface area contributed by atoms with E-state index in [0.717, 1.165) is 18.9 Å². The largest absolute Gasteiger partial charge is 0.495 e. The molecule has 0 aromatic heterocycles. The van der Waals surface area contributed by atoms with Gasteiger partial charge in [-0.3, -0.25) is 14.4 Å². The molecule has 0 radical (unpaired) electrons. The Morgan fingerprint density at radius 3 is 0.939 bits per heavy atom. The number of methoxy groups -OCH3 is 3. The number of benzene rings is 1. The lowest BCUT2D eigenvalue weighted by Gasteiger charge is -2.20. The van der Waals surface area contributed by atoms with Gasteiger partial charge in [0.2, 0.25) is 0 Å². The predicted molar refractivity (Wildman–Crippen MR) is 133 cm³/mol. The summed E-state index contributed by atoms with van der Waals surface area (Å²) in [5.41, 5.74) is 3.55. The minimum atomic E-state index is 0.488. The van der Waals surface area contributed by atoms with E-state index in [9.17, 15) is 14.4 Å². The fourth-order valence-electron chi connectivity index (χ4n) is 2.86. The molecule has 0 aliphatic heterocycles. The maximum Gasteiger partial charge on any atom is 0.145 e. The molecule has 0 heterocycles. The minimum absolute atomic E-state index is 0.488. The number of aldehydes is 3. The van der Waals surface area contributed by atoms with E-state index in [1.54, 1.807) is 75.5 Å². The summed E-state index contributed by atoms with van der Waals surface area (Å²) in [7, 11) is 4.61. The third-order valence-electron chi connectivity index (χ3n) is 4.50. The third kappa shape index (κ3) is 7.61. The van der Waals surface area contributed by atoms with Crippen molar-refractivity contribution in [2.45, 2.75) is 20.8 Å². The van der Waals surface area contributed by atoms with E-state index in [2.05, 4.69) is 0 Å². The first kappa shape index (κ1) is 27.1. The van der Waals surface area contributed by atoms with Crippen molar-refractivity contribution in [1.29, 1.82) is 0 Å². The molecule has 0 atom stereocenters. The second-order valence-corrected chi connectivity index (χ2v) is 7.00. The lowest BCUT2D eigenvalue weighted by molar-refractivity contribution is -0.105. The van der Waals surface area contributed by atoms with E-state index in [1.165, 1.54) is 21.3 Å². The van der Waals surface area contributed by atoms with Crippen LogP contribution in [-0.2, 0) is 14.4 Å². The molecule has 1 aromatic rings. The quantitative estimate of drug-likeness (QED) is 0.248. The van der Waals surface area contributed by atoms with Crippen LogP contribution in [0.1, 0.15) is 37.5 Å². The molecule has 0 N–H and O–H groups in total. The van der Waals surface area contributed by atoms with Crippen molar-refractivity contribution in [3.8, 4) is 17.2 Å². The van der Waals surface area contributed by atoms with Crippen molar-refractivity contribution >= 4 is 37.1 Å². The maximum atomic E-state index is 10.9. The summed E-state index contributed by atoms with van der Waals surface area (Å²) in [6.07, 6.45) is 17.8. The van der Waals surface area contributed by atoms with Gasteiger partial charge in [0.15, 0.2) is 0 Å². The Morgan fingerprint density at radius 1 is 0.515 bits per heavy atom. The van der Waals surface area contributed by atoms with Crippen LogP contribution in [0.15, 0.2) is 53.2 Å². The molecule has 1 aromatic carbocycles. The van der Waals surface area contributed by atoms with Crippen molar-refractivity contribution in [3.05, 3.63) is 69.9 Å². The zero-order valence-corrected chi connectivity index (χ0v) is 19.9.